The van der Waals surface area contributed by atoms with E-state index in [2.05, 4.69) is 38.8 Å². The fraction of sp³-hybridized carbons (Fsp3) is 0.526. The van der Waals surface area contributed by atoms with Crippen molar-refractivity contribution in [2.24, 2.45) is 0 Å². The van der Waals surface area contributed by atoms with E-state index in [1.165, 1.54) is 31.4 Å². The highest BCUT2D eigenvalue weighted by Gasteiger charge is 2.28. The van der Waals surface area contributed by atoms with Gasteiger partial charge in [-0.15, -0.1) is 0 Å². The minimum absolute atomic E-state index is 0.240. The fourth-order valence-electron chi connectivity index (χ4n) is 3.93. The number of rotatable bonds is 4. The highest BCUT2D eigenvalue weighted by Crippen LogP contribution is 2.27. The van der Waals surface area contributed by atoms with Crippen LogP contribution in [0.15, 0.2) is 42.9 Å². The number of pyridine rings is 1. The monoisotopic (exact) mass is 311 g/mol. The molecule has 0 amide bonds. The first-order chi connectivity index (χ1) is 11.4. The third-order valence-electron chi connectivity index (χ3n) is 5.18. The smallest absolute Gasteiger partial charge is 0.0885 e. The molecule has 2 aromatic heterocycles. The Hall–Kier alpha value is -1.65. The van der Waals surface area contributed by atoms with Gasteiger partial charge in [0.25, 0.3) is 0 Å². The highest BCUT2D eigenvalue weighted by molar-refractivity contribution is 5.10. The van der Waals surface area contributed by atoms with E-state index in [-0.39, 0.29) is 6.10 Å². The Morgan fingerprint density at radius 1 is 1.13 bits per heavy atom. The number of nitrogens with zero attached hydrogens (tertiary/aromatic N) is 3. The summed E-state index contributed by atoms with van der Waals surface area (Å²) in [6.45, 7) is 3.69. The third-order valence-corrected chi connectivity index (χ3v) is 5.18. The van der Waals surface area contributed by atoms with E-state index >= 15 is 0 Å². The van der Waals surface area contributed by atoms with Crippen LogP contribution >= 0.6 is 0 Å². The molecule has 4 heteroatoms. The first-order valence-corrected chi connectivity index (χ1v) is 8.77. The van der Waals surface area contributed by atoms with Gasteiger partial charge in [0.1, 0.15) is 0 Å². The van der Waals surface area contributed by atoms with Gasteiger partial charge >= 0.3 is 0 Å². The van der Waals surface area contributed by atoms with Crippen molar-refractivity contribution >= 4 is 0 Å². The lowest BCUT2D eigenvalue weighted by molar-refractivity contribution is 0.00183. The van der Waals surface area contributed by atoms with Gasteiger partial charge in [-0.2, -0.15) is 0 Å². The van der Waals surface area contributed by atoms with Crippen molar-refractivity contribution in [3.63, 3.8) is 0 Å². The van der Waals surface area contributed by atoms with Crippen molar-refractivity contribution in [1.82, 2.24) is 14.5 Å². The molecule has 1 aliphatic heterocycles. The zero-order chi connectivity index (χ0) is 15.5. The Morgan fingerprint density at radius 3 is 2.87 bits per heavy atom. The molecule has 0 radical (unpaired) electrons. The Bertz CT molecular complexity index is 619. The summed E-state index contributed by atoms with van der Waals surface area (Å²) in [6, 6.07) is 9.21. The molecule has 4 rings (SSSR count). The van der Waals surface area contributed by atoms with Crippen LogP contribution in [-0.2, 0) is 24.4 Å². The van der Waals surface area contributed by atoms with Crippen molar-refractivity contribution in [1.29, 1.82) is 0 Å². The third kappa shape index (κ3) is 3.48. The van der Waals surface area contributed by atoms with Crippen molar-refractivity contribution in [3.8, 4) is 0 Å². The normalized spacial score (nSPS) is 22.9. The van der Waals surface area contributed by atoms with E-state index in [1.54, 1.807) is 0 Å². The quantitative estimate of drug-likeness (QED) is 0.868. The summed E-state index contributed by atoms with van der Waals surface area (Å²) in [6.07, 6.45) is 11.6. The number of fused-ring (bicyclic) bond motifs is 1. The lowest BCUT2D eigenvalue weighted by Gasteiger charge is -2.29. The summed E-state index contributed by atoms with van der Waals surface area (Å²) < 4.78 is 8.63. The standard InChI is InChI=1S/C19H25N3O/c1-2-7-17(6-1)22-12-18-8-4-10-21(18)13-19(14-22)23-15-16-5-3-9-20-11-16/h3-5,8-11,17,19H,1-2,6-7,12-15H2/t19-/m0/s1. The Balaban J connectivity index is 1.47. The van der Waals surface area contributed by atoms with Crippen LogP contribution in [0, 0.1) is 0 Å². The lowest BCUT2D eigenvalue weighted by atomic mass is 10.2. The molecule has 0 saturated heterocycles. The molecule has 1 atom stereocenters. The van der Waals surface area contributed by atoms with Gasteiger partial charge in [0.05, 0.1) is 12.7 Å². The summed E-state index contributed by atoms with van der Waals surface area (Å²) in [4.78, 5) is 6.83. The largest absolute Gasteiger partial charge is 0.370 e. The molecule has 0 aromatic carbocycles. The van der Waals surface area contributed by atoms with Crippen LogP contribution < -0.4 is 0 Å². The van der Waals surface area contributed by atoms with Crippen molar-refractivity contribution in [2.75, 3.05) is 6.54 Å². The second-order valence-electron chi connectivity index (χ2n) is 6.81. The molecular weight excluding hydrogens is 286 g/mol. The molecule has 0 spiro atoms. The van der Waals surface area contributed by atoms with E-state index in [9.17, 15) is 0 Å². The van der Waals surface area contributed by atoms with Crippen molar-refractivity contribution < 1.29 is 4.74 Å². The van der Waals surface area contributed by atoms with Crippen LogP contribution in [0.3, 0.4) is 0 Å². The van der Waals surface area contributed by atoms with Crippen LogP contribution in [0.5, 0.6) is 0 Å². The number of hydrogen-bond donors (Lipinski definition) is 0. The highest BCUT2D eigenvalue weighted by atomic mass is 16.5. The van der Waals surface area contributed by atoms with E-state index < -0.39 is 0 Å². The molecule has 2 aliphatic rings. The lowest BCUT2D eigenvalue weighted by Crippen LogP contribution is -2.38. The minimum atomic E-state index is 0.240. The van der Waals surface area contributed by atoms with Gasteiger partial charge in [-0.1, -0.05) is 18.9 Å². The van der Waals surface area contributed by atoms with E-state index in [4.69, 9.17) is 4.74 Å². The maximum absolute atomic E-state index is 6.26. The summed E-state index contributed by atoms with van der Waals surface area (Å²) >= 11 is 0. The topological polar surface area (TPSA) is 30.3 Å². The minimum Gasteiger partial charge on any atom is -0.370 e. The van der Waals surface area contributed by atoms with Crippen LogP contribution in [-0.4, -0.2) is 33.1 Å². The molecule has 2 aromatic rings. The van der Waals surface area contributed by atoms with Gasteiger partial charge in [0.15, 0.2) is 0 Å². The first-order valence-electron chi connectivity index (χ1n) is 8.77. The van der Waals surface area contributed by atoms with Gasteiger partial charge in [0.2, 0.25) is 0 Å². The Kier molecular flexibility index (Phi) is 4.44. The summed E-state index contributed by atoms with van der Waals surface area (Å²) in [5, 5.41) is 0. The average molecular weight is 311 g/mol. The van der Waals surface area contributed by atoms with Crippen molar-refractivity contribution in [2.45, 2.75) is 57.5 Å². The van der Waals surface area contributed by atoms with Crippen LogP contribution in [0.1, 0.15) is 36.9 Å². The fourth-order valence-corrected chi connectivity index (χ4v) is 3.93. The van der Waals surface area contributed by atoms with Gasteiger partial charge in [-0.25, -0.2) is 0 Å². The summed E-state index contributed by atoms with van der Waals surface area (Å²) in [7, 11) is 0. The molecule has 23 heavy (non-hydrogen) atoms. The van der Waals surface area contributed by atoms with Gasteiger partial charge < -0.3 is 9.30 Å². The maximum Gasteiger partial charge on any atom is 0.0885 e. The molecule has 122 valence electrons. The molecule has 1 aliphatic carbocycles. The van der Waals surface area contributed by atoms with Gasteiger partial charge in [0, 0.05) is 50.0 Å². The second-order valence-corrected chi connectivity index (χ2v) is 6.81. The average Bonchev–Trinajstić information content (AvgIpc) is 3.23. The molecular formula is C19H25N3O. The van der Waals surface area contributed by atoms with Gasteiger partial charge in [-0.3, -0.25) is 9.88 Å². The predicted octanol–water partition coefficient (Wildman–Crippen LogP) is 3.23. The van der Waals surface area contributed by atoms with E-state index in [0.29, 0.717) is 6.61 Å². The number of ether oxygens (including phenoxy) is 1. The molecule has 0 unspecified atom stereocenters. The molecule has 1 saturated carbocycles. The van der Waals surface area contributed by atoms with E-state index in [1.807, 2.05) is 18.5 Å². The van der Waals surface area contributed by atoms with Crippen LogP contribution in [0.25, 0.3) is 0 Å². The molecule has 4 nitrogen and oxygen atoms in total. The number of hydrogen-bond acceptors (Lipinski definition) is 3. The molecule has 1 fully saturated rings. The van der Waals surface area contributed by atoms with E-state index in [0.717, 1.165) is 31.2 Å². The Morgan fingerprint density at radius 2 is 2.04 bits per heavy atom. The number of aromatic nitrogens is 2. The van der Waals surface area contributed by atoms with Gasteiger partial charge in [-0.05, 0) is 36.6 Å². The SMILES string of the molecule is c1cncc(CO[C@@H]2CN(C3CCCC3)Cc3cccn3C2)c1. The molecule has 0 bridgehead atoms. The summed E-state index contributed by atoms with van der Waals surface area (Å²) in [5.74, 6) is 0. The second kappa shape index (κ2) is 6.85. The summed E-state index contributed by atoms with van der Waals surface area (Å²) in [5.41, 5.74) is 2.57. The molecule has 3 heterocycles. The predicted molar refractivity (Wildman–Crippen MR) is 89.9 cm³/mol. The maximum atomic E-state index is 6.26. The Labute approximate surface area is 138 Å². The van der Waals surface area contributed by atoms with Crippen LogP contribution in [0.2, 0.25) is 0 Å². The van der Waals surface area contributed by atoms with Crippen LogP contribution in [0.4, 0.5) is 0 Å². The molecule has 0 N–H and O–H groups in total. The van der Waals surface area contributed by atoms with Crippen molar-refractivity contribution in [3.05, 3.63) is 54.1 Å². The first kappa shape index (κ1) is 14.9. The zero-order valence-electron chi connectivity index (χ0n) is 13.6. The zero-order valence-corrected chi connectivity index (χ0v) is 13.6.